The van der Waals surface area contributed by atoms with Crippen molar-refractivity contribution in [2.24, 2.45) is 10.3 Å². The lowest BCUT2D eigenvalue weighted by Gasteiger charge is -2.07. The van der Waals surface area contributed by atoms with Crippen molar-refractivity contribution in [1.29, 1.82) is 0 Å². The van der Waals surface area contributed by atoms with Gasteiger partial charge >= 0.3 is 6.18 Å². The van der Waals surface area contributed by atoms with Crippen molar-refractivity contribution in [1.82, 2.24) is 29.9 Å². The number of aromatic amines is 3. The number of halogens is 5. The van der Waals surface area contributed by atoms with Crippen molar-refractivity contribution in [3.8, 4) is 33.4 Å². The summed E-state index contributed by atoms with van der Waals surface area (Å²) in [6.07, 6.45) is 2.87. The van der Waals surface area contributed by atoms with E-state index in [1.807, 2.05) is 55.5 Å². The Labute approximate surface area is 503 Å². The third-order valence-corrected chi connectivity index (χ3v) is 17.2. The van der Waals surface area contributed by atoms with Crippen molar-refractivity contribution in [3.63, 3.8) is 0 Å². The van der Waals surface area contributed by atoms with Crippen LogP contribution in [-0.4, -0.2) is 61.4 Å². The van der Waals surface area contributed by atoms with E-state index in [9.17, 15) is 47.2 Å². The highest BCUT2D eigenvalue weighted by atomic mass is 32.2. The highest BCUT2D eigenvalue weighted by Crippen LogP contribution is 2.33. The number of hydrogen-bond donors (Lipinski definition) is 5. The van der Waals surface area contributed by atoms with Gasteiger partial charge in [-0.1, -0.05) is 109 Å². The number of hydrogen-bond acceptors (Lipinski definition) is 9. The lowest BCUT2D eigenvalue weighted by atomic mass is 10.1. The maximum absolute atomic E-state index is 13.6. The van der Waals surface area contributed by atoms with Crippen LogP contribution in [0, 0.1) is 18.6 Å². The maximum atomic E-state index is 13.6. The average Bonchev–Trinajstić information content (AvgIpc) is 4.24. The van der Waals surface area contributed by atoms with Gasteiger partial charge in [-0.05, 0) is 156 Å². The molecule has 22 heteroatoms. The van der Waals surface area contributed by atoms with Gasteiger partial charge in [0.1, 0.15) is 29.1 Å². The Morgan fingerprint density at radius 3 is 1.36 bits per heavy atom. The molecule has 0 radical (unpaired) electrons. The van der Waals surface area contributed by atoms with E-state index in [-0.39, 0.29) is 26.3 Å². The minimum absolute atomic E-state index is 0.0839. The Kier molecular flexibility index (Phi) is 17.8. The molecule has 14 nitrogen and oxygen atoms in total. The summed E-state index contributed by atoms with van der Waals surface area (Å²) < 4.78 is 136. The lowest BCUT2D eigenvalue weighted by molar-refractivity contribution is -0.137. The molecule has 0 amide bonds. The zero-order chi connectivity index (χ0) is 62.5. The summed E-state index contributed by atoms with van der Waals surface area (Å²) in [6.45, 7) is 1.87. The fraction of sp³-hybridized carbons (Fsp3) is 0.106. The van der Waals surface area contributed by atoms with Gasteiger partial charge in [0.15, 0.2) is 9.84 Å². The summed E-state index contributed by atoms with van der Waals surface area (Å²) in [4.78, 5) is 23.7. The number of H-pyrrole nitrogens is 3. The second-order valence-electron chi connectivity index (χ2n) is 20.8. The van der Waals surface area contributed by atoms with Gasteiger partial charge in [0, 0.05) is 35.8 Å². The van der Waals surface area contributed by atoms with Crippen LogP contribution in [0.5, 0.6) is 0 Å². The monoisotopic (exact) mass is 1250 g/mol. The fourth-order valence-electron chi connectivity index (χ4n) is 10.00. The highest BCUT2D eigenvalue weighted by Gasteiger charge is 2.30. The molecule has 3 heterocycles. The minimum atomic E-state index is -4.37. The van der Waals surface area contributed by atoms with E-state index in [1.54, 1.807) is 97.1 Å². The van der Waals surface area contributed by atoms with E-state index in [0.717, 1.165) is 85.6 Å². The predicted octanol–water partition coefficient (Wildman–Crippen LogP) is 13.7. The fourth-order valence-corrected chi connectivity index (χ4v) is 12.4. The molecular formula is C66H55F5N8O6S3. The van der Waals surface area contributed by atoms with Crippen molar-refractivity contribution >= 4 is 75.1 Å². The molecule has 0 spiro atoms. The molecule has 7 N–H and O–H groups in total. The number of fused-ring (bicyclic) bond motifs is 3. The van der Waals surface area contributed by atoms with Crippen molar-refractivity contribution < 1.29 is 47.2 Å². The van der Waals surface area contributed by atoms with Crippen LogP contribution in [0.3, 0.4) is 0 Å². The molecule has 448 valence electrons. The molecule has 0 unspecified atom stereocenters. The van der Waals surface area contributed by atoms with E-state index in [0.29, 0.717) is 58.4 Å². The Hall–Kier alpha value is -9.45. The summed E-state index contributed by atoms with van der Waals surface area (Å²) in [6, 6.07) is 52.8. The number of imidazole rings is 3. The molecule has 0 bridgehead atoms. The summed E-state index contributed by atoms with van der Waals surface area (Å²) in [5.41, 5.74) is 11.3. The number of nitrogens with two attached hydrogens (primary N) is 2. The van der Waals surface area contributed by atoms with Crippen LogP contribution in [0.2, 0.25) is 0 Å². The first-order valence-electron chi connectivity index (χ1n) is 27.2. The number of primary sulfonamides is 2. The van der Waals surface area contributed by atoms with Gasteiger partial charge in [0.25, 0.3) is 0 Å². The van der Waals surface area contributed by atoms with E-state index in [1.165, 1.54) is 54.8 Å². The van der Waals surface area contributed by atoms with Crippen LogP contribution < -0.4 is 10.3 Å². The van der Waals surface area contributed by atoms with E-state index < -0.39 is 41.6 Å². The maximum Gasteiger partial charge on any atom is 0.416 e. The molecule has 0 fully saturated rings. The number of nitrogens with one attached hydrogen (secondary N) is 3. The molecule has 9 aromatic carbocycles. The first-order chi connectivity index (χ1) is 41.8. The van der Waals surface area contributed by atoms with E-state index >= 15 is 0 Å². The Bertz CT molecular complexity index is 4910. The topological polar surface area (TPSA) is 240 Å². The van der Waals surface area contributed by atoms with Crippen molar-refractivity contribution in [2.45, 2.75) is 53.5 Å². The van der Waals surface area contributed by atoms with Gasteiger partial charge < -0.3 is 15.0 Å². The zero-order valence-corrected chi connectivity index (χ0v) is 49.5. The number of rotatable bonds is 14. The first-order valence-corrected chi connectivity index (χ1v) is 32.2. The second kappa shape index (κ2) is 25.5. The van der Waals surface area contributed by atoms with E-state index in [2.05, 4.69) is 29.9 Å². The Morgan fingerprint density at radius 2 is 0.898 bits per heavy atom. The average molecular weight is 1250 g/mol. The molecule has 0 aliphatic rings. The predicted molar refractivity (Wildman–Crippen MR) is 333 cm³/mol. The SMILES string of the molecule is CS(=O)(=O)c1ccccc1-c1ccc2nc(/C=C/c3ccc(C(F)(F)F)cc3)[nH]c2c1.Cc1cc(F)cc(CCc2nc3ccc(-c4ccccc4S(N)(=O)=O)cc3[nH]2)c1.NS(=O)(=O)c1ccccc1-c1ccc2nc(CCc3ccc(F)cc3)[nH]c2c1. The molecule has 12 aromatic rings. The van der Waals surface area contributed by atoms with Gasteiger partial charge in [-0.25, -0.2) is 59.3 Å². The minimum Gasteiger partial charge on any atom is -0.342 e. The highest BCUT2D eigenvalue weighted by molar-refractivity contribution is 7.91. The molecule has 0 atom stereocenters. The standard InChI is InChI=1S/C23H17F3N2O2S.C22H20FN3O2S.C21H18FN3O2S/c1-31(29,30)21-5-3-2-4-18(21)16-9-12-19-20(14-16)28-22(27-19)13-8-15-6-10-17(11-7-15)23(24,25)26;1-14-10-15(12-17(23)11-14)6-9-22-25-19-8-7-16(13-20(19)26-22)18-4-2-3-5-21(18)29(24,27)28;22-16-9-5-14(6-10-16)7-12-21-24-18-11-8-15(13-19(18)25-21)17-3-1-2-4-20(17)28(23,26)27/h2-14H,1H3,(H,27,28);2-5,7-8,10-13H,6,9H2,1H3,(H,25,26)(H2,24,27,28);1-6,8-11,13H,7,12H2,(H,24,25)(H2,23,26,27)/b13-8+;;. The molecule has 0 saturated heterocycles. The number of sulfone groups is 1. The third kappa shape index (κ3) is 15.2. The summed E-state index contributed by atoms with van der Waals surface area (Å²) in [5.74, 6) is 1.65. The van der Waals surface area contributed by atoms with Crippen LogP contribution in [0.25, 0.3) is 78.6 Å². The Morgan fingerprint density at radius 1 is 0.455 bits per heavy atom. The van der Waals surface area contributed by atoms with Gasteiger partial charge in [0.05, 0.1) is 53.4 Å². The normalized spacial score (nSPS) is 12.1. The number of aromatic nitrogens is 6. The summed E-state index contributed by atoms with van der Waals surface area (Å²) in [7, 11) is -11.0. The molecule has 12 rings (SSSR count). The summed E-state index contributed by atoms with van der Waals surface area (Å²) >= 11 is 0. The van der Waals surface area contributed by atoms with Crippen LogP contribution in [0.4, 0.5) is 22.0 Å². The number of sulfonamides is 2. The first kappa shape index (κ1) is 61.6. The van der Waals surface area contributed by atoms with Crippen LogP contribution in [0.1, 0.15) is 45.3 Å². The van der Waals surface area contributed by atoms with E-state index in [4.69, 9.17) is 10.3 Å². The quantitative estimate of drug-likeness (QED) is 0.0650. The van der Waals surface area contributed by atoms with Gasteiger partial charge in [-0.15, -0.1) is 0 Å². The van der Waals surface area contributed by atoms with Crippen LogP contribution in [0.15, 0.2) is 209 Å². The zero-order valence-electron chi connectivity index (χ0n) is 47.0. The molecule has 3 aromatic heterocycles. The largest absolute Gasteiger partial charge is 0.416 e. The van der Waals surface area contributed by atoms with Gasteiger partial charge in [0.2, 0.25) is 20.0 Å². The second-order valence-corrected chi connectivity index (χ2v) is 25.8. The lowest BCUT2D eigenvalue weighted by Crippen LogP contribution is -2.13. The molecule has 0 saturated carbocycles. The number of alkyl halides is 3. The molecule has 0 aliphatic carbocycles. The molecular weight excluding hydrogens is 1190 g/mol. The molecule has 0 aliphatic heterocycles. The van der Waals surface area contributed by atoms with Crippen molar-refractivity contribution in [3.05, 3.63) is 251 Å². The number of benzene rings is 9. The summed E-state index contributed by atoms with van der Waals surface area (Å²) in [5, 5.41) is 10.7. The number of aryl methyl sites for hydroxylation is 5. The smallest absolute Gasteiger partial charge is 0.342 e. The third-order valence-electron chi connectivity index (χ3n) is 14.2. The van der Waals surface area contributed by atoms with Gasteiger partial charge in [-0.2, -0.15) is 13.2 Å². The van der Waals surface area contributed by atoms with Crippen molar-refractivity contribution in [2.75, 3.05) is 6.26 Å². The molecule has 88 heavy (non-hydrogen) atoms. The van der Waals surface area contributed by atoms with Crippen LogP contribution >= 0.6 is 0 Å². The van der Waals surface area contributed by atoms with Crippen LogP contribution in [-0.2, 0) is 61.7 Å². The Balaban J connectivity index is 0.000000146. The van der Waals surface area contributed by atoms with Gasteiger partial charge in [-0.3, -0.25) is 0 Å². The number of nitrogens with zero attached hydrogens (tertiary/aromatic N) is 3.